The van der Waals surface area contributed by atoms with Crippen LogP contribution in [0.15, 0.2) is 24.3 Å². The first-order valence-corrected chi connectivity index (χ1v) is 27.4. The Hall–Kier alpha value is -1.53. The summed E-state index contributed by atoms with van der Waals surface area (Å²) >= 11 is 0. The Morgan fingerprint density at radius 1 is 0.485 bits per heavy atom. The number of unbranched alkanes of at least 4 members (excludes halogenated alkanes) is 26. The van der Waals surface area contributed by atoms with E-state index in [1.54, 1.807) is 0 Å². The SMILES string of the molecule is CCCCCC/C=C\C/C=C\CCCCCCCC(=O)OC(COCCCCCCCCCCCCCCCCCCCC)COC1OC(COC2OC(CO)C(O)C(O)C2O)C(O)C(O)C1O. The van der Waals surface area contributed by atoms with Gasteiger partial charge in [-0.25, -0.2) is 0 Å². The molecule has 0 aromatic rings. The third-order valence-electron chi connectivity index (χ3n) is 13.2. The van der Waals surface area contributed by atoms with E-state index in [0.29, 0.717) is 13.0 Å². The predicted molar refractivity (Wildman–Crippen MR) is 266 cm³/mol. The van der Waals surface area contributed by atoms with E-state index in [9.17, 15) is 40.5 Å². The highest BCUT2D eigenvalue weighted by Gasteiger charge is 2.47. The van der Waals surface area contributed by atoms with Crippen molar-refractivity contribution in [3.63, 3.8) is 0 Å². The van der Waals surface area contributed by atoms with Crippen molar-refractivity contribution in [2.24, 2.45) is 0 Å². The molecule has 0 bridgehead atoms. The summed E-state index contributed by atoms with van der Waals surface area (Å²) in [7, 11) is 0. The molecule has 14 nitrogen and oxygen atoms in total. The molecule has 400 valence electrons. The van der Waals surface area contributed by atoms with Crippen LogP contribution in [0.2, 0.25) is 0 Å². The van der Waals surface area contributed by atoms with E-state index in [4.69, 9.17) is 28.4 Å². The van der Waals surface area contributed by atoms with Gasteiger partial charge in [0.1, 0.15) is 54.9 Å². The fourth-order valence-corrected chi connectivity index (χ4v) is 8.73. The molecule has 7 N–H and O–H groups in total. The van der Waals surface area contributed by atoms with Gasteiger partial charge in [-0.15, -0.1) is 0 Å². The number of carbonyl (C=O) groups is 1. The summed E-state index contributed by atoms with van der Waals surface area (Å²) < 4.78 is 34.3. The molecule has 2 heterocycles. The summed E-state index contributed by atoms with van der Waals surface area (Å²) in [4.78, 5) is 13.0. The average molecular weight is 973 g/mol. The van der Waals surface area contributed by atoms with Crippen LogP contribution in [0.3, 0.4) is 0 Å². The summed E-state index contributed by atoms with van der Waals surface area (Å²) in [6.45, 7) is 3.69. The summed E-state index contributed by atoms with van der Waals surface area (Å²) in [5, 5.41) is 72.2. The second-order valence-electron chi connectivity index (χ2n) is 19.4. The zero-order valence-corrected chi connectivity index (χ0v) is 42.6. The van der Waals surface area contributed by atoms with Crippen molar-refractivity contribution in [2.75, 3.05) is 33.0 Å². The molecule has 0 radical (unpaired) electrons. The molecule has 0 aromatic heterocycles. The van der Waals surface area contributed by atoms with Gasteiger partial charge in [0.05, 0.1) is 26.4 Å². The molecule has 0 amide bonds. The average Bonchev–Trinajstić information content (AvgIpc) is 3.33. The lowest BCUT2D eigenvalue weighted by molar-refractivity contribution is -0.332. The summed E-state index contributed by atoms with van der Waals surface area (Å²) in [6.07, 6.45) is 29.5. The maximum atomic E-state index is 13.0. The molecular weight excluding hydrogens is 873 g/mol. The number of aliphatic hydroxyl groups is 7. The number of esters is 1. The maximum Gasteiger partial charge on any atom is 0.306 e. The molecule has 0 saturated carbocycles. The quantitative estimate of drug-likeness (QED) is 0.0173. The van der Waals surface area contributed by atoms with Gasteiger partial charge in [0.2, 0.25) is 0 Å². The molecule has 11 atom stereocenters. The standard InChI is InChI=1S/C54H100O14/c1-3-5-7-9-11-13-15-17-19-21-22-24-26-28-30-32-34-36-38-63-40-43(66-46(56)37-35-33-31-29-27-25-23-20-18-16-14-12-10-8-6-4-2)41-64-53-52(62)50(60)48(58)45(68-53)42-65-54-51(61)49(59)47(57)44(39-55)67-54/h14,16,20,23,43-45,47-55,57-62H,3-13,15,17-19,21-22,24-42H2,1-2H3/b16-14-,23-20-. The van der Waals surface area contributed by atoms with Crippen LogP contribution in [-0.4, -0.2) is 142 Å². The number of carbonyl (C=O) groups excluding carboxylic acids is 1. The van der Waals surface area contributed by atoms with Gasteiger partial charge in [-0.2, -0.15) is 0 Å². The third kappa shape index (κ3) is 29.1. The summed E-state index contributed by atoms with van der Waals surface area (Å²) in [6, 6.07) is 0. The van der Waals surface area contributed by atoms with Gasteiger partial charge in [0.15, 0.2) is 12.6 Å². The minimum atomic E-state index is -1.71. The lowest BCUT2D eigenvalue weighted by atomic mass is 9.98. The van der Waals surface area contributed by atoms with E-state index in [-0.39, 0.29) is 25.6 Å². The van der Waals surface area contributed by atoms with Crippen molar-refractivity contribution in [1.82, 2.24) is 0 Å². The monoisotopic (exact) mass is 973 g/mol. The number of hydrogen-bond acceptors (Lipinski definition) is 14. The van der Waals surface area contributed by atoms with Crippen LogP contribution in [0.1, 0.15) is 213 Å². The number of ether oxygens (including phenoxy) is 6. The fraction of sp³-hybridized carbons (Fsp3) is 0.907. The molecule has 0 spiro atoms. The minimum absolute atomic E-state index is 0.0601. The fourth-order valence-electron chi connectivity index (χ4n) is 8.73. The highest BCUT2D eigenvalue weighted by atomic mass is 16.7. The van der Waals surface area contributed by atoms with Crippen LogP contribution in [-0.2, 0) is 33.2 Å². The third-order valence-corrected chi connectivity index (χ3v) is 13.2. The van der Waals surface area contributed by atoms with Gasteiger partial charge >= 0.3 is 5.97 Å². The zero-order chi connectivity index (χ0) is 49.5. The van der Waals surface area contributed by atoms with E-state index in [2.05, 4.69) is 38.2 Å². The van der Waals surface area contributed by atoms with Crippen molar-refractivity contribution in [1.29, 1.82) is 0 Å². The highest BCUT2D eigenvalue weighted by molar-refractivity contribution is 5.69. The normalized spacial score (nSPS) is 26.0. The smallest absolute Gasteiger partial charge is 0.306 e. The second kappa shape index (κ2) is 42.0. The van der Waals surface area contributed by atoms with Gasteiger partial charge in [-0.05, 0) is 44.9 Å². The molecule has 2 aliphatic heterocycles. The Morgan fingerprint density at radius 2 is 0.912 bits per heavy atom. The number of hydrogen-bond donors (Lipinski definition) is 7. The first-order chi connectivity index (χ1) is 33.1. The van der Waals surface area contributed by atoms with Crippen molar-refractivity contribution >= 4 is 5.97 Å². The predicted octanol–water partition coefficient (Wildman–Crippen LogP) is 8.80. The molecular formula is C54H100O14. The van der Waals surface area contributed by atoms with E-state index >= 15 is 0 Å². The summed E-state index contributed by atoms with van der Waals surface area (Å²) in [5.41, 5.74) is 0. The number of aliphatic hydroxyl groups excluding tert-OH is 7. The first-order valence-electron chi connectivity index (χ1n) is 27.4. The lowest BCUT2D eigenvalue weighted by Crippen LogP contribution is -2.61. The maximum absolute atomic E-state index is 13.0. The van der Waals surface area contributed by atoms with Crippen LogP contribution in [0.5, 0.6) is 0 Å². The Bertz CT molecular complexity index is 1220. The topological polar surface area (TPSA) is 214 Å². The summed E-state index contributed by atoms with van der Waals surface area (Å²) in [5.74, 6) is -0.386. The van der Waals surface area contributed by atoms with Gasteiger partial charge in [0.25, 0.3) is 0 Å². The van der Waals surface area contributed by atoms with Gasteiger partial charge in [0, 0.05) is 13.0 Å². The van der Waals surface area contributed by atoms with E-state index in [0.717, 1.165) is 64.2 Å². The van der Waals surface area contributed by atoms with E-state index in [1.807, 2.05) is 0 Å². The zero-order valence-electron chi connectivity index (χ0n) is 42.6. The van der Waals surface area contributed by atoms with Crippen LogP contribution in [0.4, 0.5) is 0 Å². The second-order valence-corrected chi connectivity index (χ2v) is 19.4. The number of allylic oxidation sites excluding steroid dienone is 4. The molecule has 68 heavy (non-hydrogen) atoms. The molecule has 2 rings (SSSR count). The molecule has 2 saturated heterocycles. The Morgan fingerprint density at radius 3 is 1.43 bits per heavy atom. The van der Waals surface area contributed by atoms with Crippen molar-refractivity contribution < 1.29 is 69.0 Å². The highest BCUT2D eigenvalue weighted by Crippen LogP contribution is 2.26. The van der Waals surface area contributed by atoms with Crippen molar-refractivity contribution in [3.8, 4) is 0 Å². The molecule has 11 unspecified atom stereocenters. The molecule has 2 fully saturated rings. The molecule has 14 heteroatoms. The number of rotatable bonds is 44. The van der Waals surface area contributed by atoms with Crippen LogP contribution >= 0.6 is 0 Å². The van der Waals surface area contributed by atoms with E-state index < -0.39 is 80.7 Å². The molecule has 2 aliphatic rings. The lowest BCUT2D eigenvalue weighted by Gasteiger charge is -2.42. The Labute approximate surface area is 411 Å². The molecule has 0 aromatic carbocycles. The molecule has 0 aliphatic carbocycles. The van der Waals surface area contributed by atoms with Crippen LogP contribution < -0.4 is 0 Å². The van der Waals surface area contributed by atoms with Crippen LogP contribution in [0.25, 0.3) is 0 Å². The van der Waals surface area contributed by atoms with Crippen LogP contribution in [0, 0.1) is 0 Å². The van der Waals surface area contributed by atoms with Gasteiger partial charge in [-0.1, -0.05) is 186 Å². The minimum Gasteiger partial charge on any atom is -0.457 e. The Kier molecular flexibility index (Phi) is 38.7. The van der Waals surface area contributed by atoms with E-state index in [1.165, 1.54) is 122 Å². The van der Waals surface area contributed by atoms with Gasteiger partial charge in [-0.3, -0.25) is 4.79 Å². The first kappa shape index (κ1) is 62.6. The van der Waals surface area contributed by atoms with Crippen molar-refractivity contribution in [2.45, 2.75) is 280 Å². The Balaban J connectivity index is 1.75. The van der Waals surface area contributed by atoms with Crippen molar-refractivity contribution in [3.05, 3.63) is 24.3 Å². The van der Waals surface area contributed by atoms with Gasteiger partial charge < -0.3 is 64.2 Å². The largest absolute Gasteiger partial charge is 0.457 e.